The Bertz CT molecular complexity index is 212. The van der Waals surface area contributed by atoms with Gasteiger partial charge < -0.3 is 0 Å². The Morgan fingerprint density at radius 1 is 1.50 bits per heavy atom. The fourth-order valence-electron chi connectivity index (χ4n) is 1.08. The number of nitriles is 1. The minimum absolute atomic E-state index is 0.0858. The van der Waals surface area contributed by atoms with Crippen molar-refractivity contribution in [3.8, 4) is 6.07 Å². The lowest BCUT2D eigenvalue weighted by Gasteiger charge is -2.21. The molecule has 0 aromatic carbocycles. The van der Waals surface area contributed by atoms with Crippen molar-refractivity contribution < 1.29 is 13.2 Å². The van der Waals surface area contributed by atoms with Gasteiger partial charge in [0.1, 0.15) is 5.54 Å². The first-order valence-corrected chi connectivity index (χ1v) is 3.65. The van der Waals surface area contributed by atoms with Gasteiger partial charge in [-0.15, -0.1) is 0 Å². The van der Waals surface area contributed by atoms with Gasteiger partial charge in [-0.25, -0.2) is 0 Å². The summed E-state index contributed by atoms with van der Waals surface area (Å²) in [6.07, 6.45) is -4.05. The maximum atomic E-state index is 12.2. The molecule has 1 aliphatic rings. The molecule has 0 aromatic heterocycles. The van der Waals surface area contributed by atoms with Crippen LogP contribution in [-0.4, -0.2) is 17.8 Å². The Labute approximate surface area is 68.4 Å². The Hall–Kier alpha value is -0.760. The van der Waals surface area contributed by atoms with Gasteiger partial charge in [-0.2, -0.15) is 18.4 Å². The molecule has 2 nitrogen and oxygen atoms in total. The predicted molar refractivity (Wildman–Crippen MR) is 36.2 cm³/mol. The topological polar surface area (TPSA) is 35.8 Å². The van der Waals surface area contributed by atoms with Crippen LogP contribution in [0.3, 0.4) is 0 Å². The lowest BCUT2D eigenvalue weighted by atomic mass is 10.2. The largest absolute Gasteiger partial charge is 0.406 e. The summed E-state index contributed by atoms with van der Waals surface area (Å²) in [4.78, 5) is 0. The van der Waals surface area contributed by atoms with E-state index in [4.69, 9.17) is 5.26 Å². The van der Waals surface area contributed by atoms with Crippen LogP contribution in [-0.2, 0) is 0 Å². The van der Waals surface area contributed by atoms with Crippen molar-refractivity contribution >= 4 is 0 Å². The van der Waals surface area contributed by atoms with Crippen molar-refractivity contribution in [2.45, 2.75) is 37.5 Å². The maximum Gasteiger partial charge on any atom is 0.406 e. The molecule has 0 aromatic rings. The molecule has 0 bridgehead atoms. The second-order valence-electron chi connectivity index (χ2n) is 3.07. The minimum atomic E-state index is -4.22. The van der Waals surface area contributed by atoms with E-state index >= 15 is 0 Å². The first-order valence-electron chi connectivity index (χ1n) is 3.65. The Kier molecular flexibility index (Phi) is 2.04. The van der Waals surface area contributed by atoms with E-state index < -0.39 is 17.8 Å². The highest BCUT2D eigenvalue weighted by molar-refractivity contribution is 5.11. The van der Waals surface area contributed by atoms with Crippen LogP contribution in [0.4, 0.5) is 13.2 Å². The van der Waals surface area contributed by atoms with Crippen molar-refractivity contribution in [1.82, 2.24) is 5.32 Å². The van der Waals surface area contributed by atoms with Gasteiger partial charge in [0.25, 0.3) is 0 Å². The molecular formula is C7H9F3N2. The molecule has 1 saturated carbocycles. The summed E-state index contributed by atoms with van der Waals surface area (Å²) in [5.41, 5.74) is -1.76. The third kappa shape index (κ3) is 1.53. The molecule has 1 N–H and O–H groups in total. The van der Waals surface area contributed by atoms with Crippen molar-refractivity contribution in [1.29, 1.82) is 5.26 Å². The van der Waals surface area contributed by atoms with E-state index in [0.29, 0.717) is 0 Å². The van der Waals surface area contributed by atoms with E-state index in [1.807, 2.05) is 0 Å². The Balaban J connectivity index is 2.58. The Morgan fingerprint density at radius 3 is 2.25 bits per heavy atom. The third-order valence-electron chi connectivity index (χ3n) is 1.98. The number of rotatable bonds is 2. The van der Waals surface area contributed by atoms with Crippen molar-refractivity contribution in [2.24, 2.45) is 0 Å². The molecule has 0 spiro atoms. The highest BCUT2D eigenvalue weighted by atomic mass is 19.4. The number of alkyl halides is 3. The van der Waals surface area contributed by atoms with Gasteiger partial charge in [0.2, 0.25) is 0 Å². The van der Waals surface area contributed by atoms with Crippen molar-refractivity contribution in [3.05, 3.63) is 0 Å². The number of halogens is 3. The number of nitrogens with zero attached hydrogens (tertiary/aromatic N) is 1. The molecule has 1 unspecified atom stereocenters. The van der Waals surface area contributed by atoms with Crippen LogP contribution in [0.25, 0.3) is 0 Å². The molecule has 0 saturated heterocycles. The van der Waals surface area contributed by atoms with Crippen LogP contribution in [0.5, 0.6) is 0 Å². The molecule has 1 atom stereocenters. The zero-order valence-electron chi connectivity index (χ0n) is 6.57. The van der Waals surface area contributed by atoms with Crippen LogP contribution in [0.1, 0.15) is 19.8 Å². The molecule has 12 heavy (non-hydrogen) atoms. The number of hydrogen-bond donors (Lipinski definition) is 1. The van der Waals surface area contributed by atoms with Crippen LogP contribution in [0, 0.1) is 11.3 Å². The fourth-order valence-corrected chi connectivity index (χ4v) is 1.08. The highest BCUT2D eigenvalue weighted by Gasteiger charge is 2.63. The van der Waals surface area contributed by atoms with Gasteiger partial charge in [0, 0.05) is 0 Å². The molecule has 1 rings (SSSR count). The van der Waals surface area contributed by atoms with E-state index in [0.717, 1.165) is 0 Å². The van der Waals surface area contributed by atoms with Crippen LogP contribution in [0.15, 0.2) is 0 Å². The monoisotopic (exact) mass is 178 g/mol. The zero-order chi connectivity index (χ0) is 9.41. The van der Waals surface area contributed by atoms with Gasteiger partial charge in [0.05, 0.1) is 12.1 Å². The lowest BCUT2D eigenvalue weighted by molar-refractivity contribution is -0.166. The van der Waals surface area contributed by atoms with Gasteiger partial charge >= 0.3 is 6.18 Å². The van der Waals surface area contributed by atoms with Crippen molar-refractivity contribution in [3.63, 3.8) is 0 Å². The van der Waals surface area contributed by atoms with Crippen molar-refractivity contribution in [2.75, 3.05) is 0 Å². The van der Waals surface area contributed by atoms with Crippen LogP contribution in [0.2, 0.25) is 0 Å². The van der Waals surface area contributed by atoms with E-state index in [2.05, 4.69) is 5.32 Å². The number of nitrogens with one attached hydrogen (secondary N) is 1. The Morgan fingerprint density at radius 2 is 2.00 bits per heavy atom. The number of hydrogen-bond acceptors (Lipinski definition) is 2. The second-order valence-corrected chi connectivity index (χ2v) is 3.07. The molecular weight excluding hydrogens is 169 g/mol. The molecule has 68 valence electrons. The SMILES string of the molecule is CC(C#N)NC1(C(F)(F)F)CC1. The average molecular weight is 178 g/mol. The quantitative estimate of drug-likeness (QED) is 0.696. The minimum Gasteiger partial charge on any atom is -0.289 e. The lowest BCUT2D eigenvalue weighted by Crippen LogP contribution is -2.48. The summed E-state index contributed by atoms with van der Waals surface area (Å²) in [5.74, 6) is 0. The van der Waals surface area contributed by atoms with Crippen LogP contribution >= 0.6 is 0 Å². The van der Waals surface area contributed by atoms with Gasteiger partial charge in [-0.3, -0.25) is 5.32 Å². The first-order chi connectivity index (χ1) is 5.41. The van der Waals surface area contributed by atoms with Crippen LogP contribution < -0.4 is 5.32 Å². The molecule has 0 heterocycles. The van der Waals surface area contributed by atoms with E-state index in [1.54, 1.807) is 6.07 Å². The summed E-state index contributed by atoms with van der Waals surface area (Å²) < 4.78 is 36.7. The summed E-state index contributed by atoms with van der Waals surface area (Å²) in [7, 11) is 0. The summed E-state index contributed by atoms with van der Waals surface area (Å²) in [5, 5.41) is 10.6. The summed E-state index contributed by atoms with van der Waals surface area (Å²) >= 11 is 0. The van der Waals surface area contributed by atoms with E-state index in [-0.39, 0.29) is 12.8 Å². The normalized spacial score (nSPS) is 22.9. The molecule has 5 heteroatoms. The third-order valence-corrected chi connectivity index (χ3v) is 1.98. The molecule has 1 aliphatic carbocycles. The molecule has 0 radical (unpaired) electrons. The van der Waals surface area contributed by atoms with Gasteiger partial charge in [-0.05, 0) is 19.8 Å². The molecule has 0 amide bonds. The maximum absolute atomic E-state index is 12.2. The predicted octanol–water partition coefficient (Wildman–Crippen LogP) is 1.58. The molecule has 0 aliphatic heterocycles. The second kappa shape index (κ2) is 2.63. The average Bonchev–Trinajstić information content (AvgIpc) is 2.67. The first kappa shape index (κ1) is 9.33. The highest BCUT2D eigenvalue weighted by Crippen LogP contribution is 2.49. The van der Waals surface area contributed by atoms with E-state index in [9.17, 15) is 13.2 Å². The standard InChI is InChI=1S/C7H9F3N2/c1-5(4-11)12-6(2-3-6)7(8,9)10/h5,12H,2-3H2,1H3. The smallest absolute Gasteiger partial charge is 0.289 e. The fraction of sp³-hybridized carbons (Fsp3) is 0.857. The summed E-state index contributed by atoms with van der Waals surface area (Å²) in [6, 6.07) is 0.980. The summed E-state index contributed by atoms with van der Waals surface area (Å²) in [6.45, 7) is 1.42. The van der Waals surface area contributed by atoms with E-state index in [1.165, 1.54) is 6.92 Å². The van der Waals surface area contributed by atoms with Gasteiger partial charge in [-0.1, -0.05) is 0 Å². The zero-order valence-corrected chi connectivity index (χ0v) is 6.57. The van der Waals surface area contributed by atoms with Gasteiger partial charge in [0.15, 0.2) is 0 Å². The molecule has 1 fully saturated rings.